The highest BCUT2D eigenvalue weighted by Gasteiger charge is 1.98. The Balaban J connectivity index is 2.36. The number of nitrogens with zero attached hydrogens (tertiary/aromatic N) is 1. The normalized spacial score (nSPS) is 9.87. The minimum atomic E-state index is 0.0938. The summed E-state index contributed by atoms with van der Waals surface area (Å²) < 4.78 is 0. The summed E-state index contributed by atoms with van der Waals surface area (Å²) in [4.78, 5) is 3.96. The van der Waals surface area contributed by atoms with Gasteiger partial charge < -0.3 is 5.73 Å². The predicted molar refractivity (Wildman–Crippen MR) is 60.7 cm³/mol. The van der Waals surface area contributed by atoms with Gasteiger partial charge >= 0.3 is 0 Å². The highest BCUT2D eigenvalue weighted by atomic mass is 14.7. The van der Waals surface area contributed by atoms with Crippen LogP contribution in [0.5, 0.6) is 0 Å². The van der Waals surface area contributed by atoms with Crippen molar-refractivity contribution in [1.29, 1.82) is 5.41 Å². The SMILES string of the molecule is N=C(N)c1ccc(-c2ccncc2)cc1. The smallest absolute Gasteiger partial charge is 0.122 e. The van der Waals surface area contributed by atoms with Crippen LogP contribution in [-0.4, -0.2) is 10.8 Å². The first-order valence-electron chi connectivity index (χ1n) is 4.62. The van der Waals surface area contributed by atoms with E-state index in [1.807, 2.05) is 36.4 Å². The van der Waals surface area contributed by atoms with Crippen molar-refractivity contribution in [1.82, 2.24) is 4.98 Å². The number of hydrogen-bond acceptors (Lipinski definition) is 2. The molecular formula is C12H11N3. The molecule has 0 aliphatic heterocycles. The van der Waals surface area contributed by atoms with Crippen molar-refractivity contribution < 1.29 is 0 Å². The first-order valence-corrected chi connectivity index (χ1v) is 4.62. The largest absolute Gasteiger partial charge is 0.384 e. The van der Waals surface area contributed by atoms with Crippen molar-refractivity contribution in [2.45, 2.75) is 0 Å². The molecular weight excluding hydrogens is 186 g/mol. The summed E-state index contributed by atoms with van der Waals surface area (Å²) >= 11 is 0. The molecule has 3 nitrogen and oxygen atoms in total. The van der Waals surface area contributed by atoms with Gasteiger partial charge in [0.2, 0.25) is 0 Å². The highest BCUT2D eigenvalue weighted by molar-refractivity contribution is 5.95. The summed E-state index contributed by atoms with van der Waals surface area (Å²) in [7, 11) is 0. The number of aromatic nitrogens is 1. The molecule has 1 heterocycles. The van der Waals surface area contributed by atoms with E-state index in [1.165, 1.54) is 0 Å². The number of nitrogen functional groups attached to an aromatic ring is 1. The van der Waals surface area contributed by atoms with Crippen LogP contribution in [0.2, 0.25) is 0 Å². The third-order valence-corrected chi connectivity index (χ3v) is 2.21. The number of nitrogens with one attached hydrogen (secondary N) is 1. The standard InChI is InChI=1S/C12H11N3/c13-12(14)11-3-1-9(2-4-11)10-5-7-15-8-6-10/h1-8H,(H3,13,14). The van der Waals surface area contributed by atoms with Crippen molar-refractivity contribution in [2.75, 3.05) is 0 Å². The second-order valence-corrected chi connectivity index (χ2v) is 3.23. The summed E-state index contributed by atoms with van der Waals surface area (Å²) in [5, 5.41) is 7.28. The van der Waals surface area contributed by atoms with Gasteiger partial charge in [0.15, 0.2) is 0 Å². The highest BCUT2D eigenvalue weighted by Crippen LogP contribution is 2.18. The van der Waals surface area contributed by atoms with Gasteiger partial charge in [-0.2, -0.15) is 0 Å². The molecule has 0 radical (unpaired) electrons. The van der Waals surface area contributed by atoms with Crippen molar-refractivity contribution in [3.05, 3.63) is 54.4 Å². The minimum absolute atomic E-state index is 0.0938. The molecule has 0 aliphatic carbocycles. The van der Waals surface area contributed by atoms with Crippen molar-refractivity contribution in [2.24, 2.45) is 5.73 Å². The van der Waals surface area contributed by atoms with E-state index < -0.39 is 0 Å². The molecule has 2 aromatic rings. The van der Waals surface area contributed by atoms with Crippen LogP contribution < -0.4 is 5.73 Å². The summed E-state index contributed by atoms with van der Waals surface area (Å²) in [6.45, 7) is 0. The van der Waals surface area contributed by atoms with Gasteiger partial charge in [-0.05, 0) is 23.3 Å². The Morgan fingerprint density at radius 2 is 1.47 bits per heavy atom. The zero-order valence-corrected chi connectivity index (χ0v) is 8.14. The Kier molecular flexibility index (Phi) is 2.46. The van der Waals surface area contributed by atoms with Crippen LogP contribution in [0.3, 0.4) is 0 Å². The van der Waals surface area contributed by atoms with Gasteiger partial charge in [-0.15, -0.1) is 0 Å². The molecule has 15 heavy (non-hydrogen) atoms. The van der Waals surface area contributed by atoms with Gasteiger partial charge in [0.05, 0.1) is 0 Å². The molecule has 3 N–H and O–H groups in total. The van der Waals surface area contributed by atoms with Gasteiger partial charge in [0.25, 0.3) is 0 Å². The Bertz CT molecular complexity index is 460. The Hall–Kier alpha value is -2.16. The number of amidine groups is 1. The monoisotopic (exact) mass is 197 g/mol. The number of rotatable bonds is 2. The lowest BCUT2D eigenvalue weighted by molar-refractivity contribution is 1.33. The number of benzene rings is 1. The molecule has 0 saturated heterocycles. The first kappa shape index (κ1) is 9.40. The minimum Gasteiger partial charge on any atom is -0.384 e. The van der Waals surface area contributed by atoms with Gasteiger partial charge in [-0.3, -0.25) is 10.4 Å². The van der Waals surface area contributed by atoms with E-state index in [1.54, 1.807) is 12.4 Å². The molecule has 0 saturated carbocycles. The summed E-state index contributed by atoms with van der Waals surface area (Å²) in [6, 6.07) is 11.5. The molecule has 0 fully saturated rings. The fourth-order valence-electron chi connectivity index (χ4n) is 1.39. The van der Waals surface area contributed by atoms with Crippen LogP contribution in [-0.2, 0) is 0 Å². The van der Waals surface area contributed by atoms with Gasteiger partial charge in [-0.25, -0.2) is 0 Å². The maximum absolute atomic E-state index is 7.28. The third kappa shape index (κ3) is 2.02. The number of hydrogen-bond donors (Lipinski definition) is 2. The molecule has 0 amide bonds. The average Bonchev–Trinajstić information content (AvgIpc) is 2.30. The van der Waals surface area contributed by atoms with E-state index >= 15 is 0 Å². The van der Waals surface area contributed by atoms with Crippen LogP contribution in [0, 0.1) is 5.41 Å². The zero-order valence-electron chi connectivity index (χ0n) is 8.14. The van der Waals surface area contributed by atoms with E-state index in [0.29, 0.717) is 0 Å². The Labute approximate surface area is 88.1 Å². The third-order valence-electron chi connectivity index (χ3n) is 2.21. The molecule has 2 rings (SSSR count). The van der Waals surface area contributed by atoms with Crippen LogP contribution in [0.4, 0.5) is 0 Å². The molecule has 74 valence electrons. The van der Waals surface area contributed by atoms with E-state index in [-0.39, 0.29) is 5.84 Å². The Morgan fingerprint density at radius 1 is 0.933 bits per heavy atom. The Morgan fingerprint density at radius 3 is 2.00 bits per heavy atom. The number of nitrogens with two attached hydrogens (primary N) is 1. The second-order valence-electron chi connectivity index (χ2n) is 3.23. The van der Waals surface area contributed by atoms with Crippen molar-refractivity contribution >= 4 is 5.84 Å². The fourth-order valence-corrected chi connectivity index (χ4v) is 1.39. The van der Waals surface area contributed by atoms with E-state index in [2.05, 4.69) is 4.98 Å². The van der Waals surface area contributed by atoms with Crippen molar-refractivity contribution in [3.8, 4) is 11.1 Å². The zero-order chi connectivity index (χ0) is 10.7. The quantitative estimate of drug-likeness (QED) is 0.571. The summed E-state index contributed by atoms with van der Waals surface area (Å²) in [5.41, 5.74) is 8.33. The molecule has 0 aliphatic rings. The van der Waals surface area contributed by atoms with Gasteiger partial charge in [0.1, 0.15) is 5.84 Å². The van der Waals surface area contributed by atoms with Crippen LogP contribution in [0.15, 0.2) is 48.8 Å². The molecule has 0 unspecified atom stereocenters. The average molecular weight is 197 g/mol. The van der Waals surface area contributed by atoms with E-state index in [0.717, 1.165) is 16.7 Å². The van der Waals surface area contributed by atoms with Crippen LogP contribution in [0.25, 0.3) is 11.1 Å². The lowest BCUT2D eigenvalue weighted by Crippen LogP contribution is -2.10. The topological polar surface area (TPSA) is 62.8 Å². The molecule has 3 heteroatoms. The fraction of sp³-hybridized carbons (Fsp3) is 0. The van der Waals surface area contributed by atoms with Gasteiger partial charge in [0, 0.05) is 18.0 Å². The first-order chi connectivity index (χ1) is 7.27. The number of pyridine rings is 1. The molecule has 1 aromatic heterocycles. The van der Waals surface area contributed by atoms with Crippen molar-refractivity contribution in [3.63, 3.8) is 0 Å². The molecule has 0 spiro atoms. The van der Waals surface area contributed by atoms with Crippen LogP contribution in [0.1, 0.15) is 5.56 Å². The molecule has 1 aromatic carbocycles. The van der Waals surface area contributed by atoms with E-state index in [4.69, 9.17) is 11.1 Å². The molecule has 0 bridgehead atoms. The lowest BCUT2D eigenvalue weighted by atomic mass is 10.1. The lowest BCUT2D eigenvalue weighted by Gasteiger charge is -2.02. The summed E-state index contributed by atoms with van der Waals surface area (Å²) in [6.07, 6.45) is 3.52. The maximum Gasteiger partial charge on any atom is 0.122 e. The van der Waals surface area contributed by atoms with E-state index in [9.17, 15) is 0 Å². The maximum atomic E-state index is 7.28. The van der Waals surface area contributed by atoms with Crippen LogP contribution >= 0.6 is 0 Å². The predicted octanol–water partition coefficient (Wildman–Crippen LogP) is 2.03. The second kappa shape index (κ2) is 3.92. The van der Waals surface area contributed by atoms with Gasteiger partial charge in [-0.1, -0.05) is 24.3 Å². The molecule has 0 atom stereocenters. The summed E-state index contributed by atoms with van der Waals surface area (Å²) in [5.74, 6) is 0.0938.